The Kier molecular flexibility index (Phi) is 3.82. The number of aromatic nitrogens is 1. The monoisotopic (exact) mass is 321 g/mol. The summed E-state index contributed by atoms with van der Waals surface area (Å²) in [6.07, 6.45) is 3.28. The molecule has 2 aromatic rings. The van der Waals surface area contributed by atoms with Crippen LogP contribution in [0.25, 0.3) is 10.9 Å². The zero-order valence-corrected chi connectivity index (χ0v) is 12.1. The normalized spacial score (nSPS) is 21.5. The Morgan fingerprint density at radius 2 is 2.26 bits per heavy atom. The lowest BCUT2D eigenvalue weighted by atomic mass is 9.90. The second-order valence-electron chi connectivity index (χ2n) is 4.96. The molecule has 2 heterocycles. The van der Waals surface area contributed by atoms with Crippen LogP contribution in [0.1, 0.15) is 24.5 Å². The fourth-order valence-electron chi connectivity index (χ4n) is 2.67. The standard InChI is InChI=1S/C15H16BrNO2/c16-13-6-5-12(14-11(13)4-1-7-17-14)15(18)10-3-2-8-19-9-10/h1,4-7,10,15,18H,2-3,8-9H2. The Balaban J connectivity index is 2.02. The van der Waals surface area contributed by atoms with Gasteiger partial charge in [-0.05, 0) is 25.0 Å². The molecule has 0 aliphatic carbocycles. The first kappa shape index (κ1) is 13.0. The fraction of sp³-hybridized carbons (Fsp3) is 0.400. The van der Waals surface area contributed by atoms with Crippen LogP contribution in [-0.4, -0.2) is 23.3 Å². The zero-order chi connectivity index (χ0) is 13.2. The number of hydrogen-bond donors (Lipinski definition) is 1. The van der Waals surface area contributed by atoms with Crippen LogP contribution in [0.15, 0.2) is 34.9 Å². The molecule has 100 valence electrons. The molecule has 0 saturated carbocycles. The molecule has 1 aromatic carbocycles. The van der Waals surface area contributed by atoms with Gasteiger partial charge in [0.05, 0.1) is 18.2 Å². The molecule has 1 aliphatic rings. The summed E-state index contributed by atoms with van der Waals surface area (Å²) in [5.74, 6) is 0.167. The first-order valence-corrected chi connectivity index (χ1v) is 7.35. The largest absolute Gasteiger partial charge is 0.388 e. The van der Waals surface area contributed by atoms with E-state index >= 15 is 0 Å². The highest BCUT2D eigenvalue weighted by Gasteiger charge is 2.25. The molecule has 2 unspecified atom stereocenters. The van der Waals surface area contributed by atoms with Crippen LogP contribution in [0.4, 0.5) is 0 Å². The quantitative estimate of drug-likeness (QED) is 0.921. The summed E-state index contributed by atoms with van der Waals surface area (Å²) in [5.41, 5.74) is 1.77. The van der Waals surface area contributed by atoms with Crippen LogP contribution < -0.4 is 0 Å². The first-order valence-electron chi connectivity index (χ1n) is 6.56. The third-order valence-electron chi connectivity index (χ3n) is 3.71. The first-order chi connectivity index (χ1) is 9.27. The van der Waals surface area contributed by atoms with Gasteiger partial charge >= 0.3 is 0 Å². The summed E-state index contributed by atoms with van der Waals surface area (Å²) in [7, 11) is 0. The van der Waals surface area contributed by atoms with Crippen LogP contribution in [0.2, 0.25) is 0 Å². The minimum absolute atomic E-state index is 0.167. The van der Waals surface area contributed by atoms with Gasteiger partial charge in [0.15, 0.2) is 0 Å². The van der Waals surface area contributed by atoms with Crippen molar-refractivity contribution in [3.05, 3.63) is 40.5 Å². The van der Waals surface area contributed by atoms with E-state index in [4.69, 9.17) is 4.74 Å². The van der Waals surface area contributed by atoms with Crippen LogP contribution in [0.3, 0.4) is 0 Å². The van der Waals surface area contributed by atoms with Gasteiger partial charge in [0.1, 0.15) is 0 Å². The Morgan fingerprint density at radius 1 is 1.37 bits per heavy atom. The molecule has 0 radical (unpaired) electrons. The highest BCUT2D eigenvalue weighted by atomic mass is 79.9. The van der Waals surface area contributed by atoms with Crippen molar-refractivity contribution in [2.45, 2.75) is 18.9 Å². The van der Waals surface area contributed by atoms with Gasteiger partial charge in [-0.15, -0.1) is 0 Å². The maximum Gasteiger partial charge on any atom is 0.0861 e. The summed E-state index contributed by atoms with van der Waals surface area (Å²) in [4.78, 5) is 4.43. The van der Waals surface area contributed by atoms with Crippen LogP contribution in [0.5, 0.6) is 0 Å². The van der Waals surface area contributed by atoms with Gasteiger partial charge in [0.25, 0.3) is 0 Å². The molecule has 1 N–H and O–H groups in total. The third kappa shape index (κ3) is 2.53. The molecule has 0 amide bonds. The van der Waals surface area contributed by atoms with E-state index in [0.717, 1.165) is 40.4 Å². The smallest absolute Gasteiger partial charge is 0.0861 e. The molecule has 0 bridgehead atoms. The Hall–Kier alpha value is -0.970. The third-order valence-corrected chi connectivity index (χ3v) is 4.40. The summed E-state index contributed by atoms with van der Waals surface area (Å²) in [6, 6.07) is 7.86. The highest BCUT2D eigenvalue weighted by Crippen LogP contribution is 2.34. The van der Waals surface area contributed by atoms with E-state index in [1.165, 1.54) is 0 Å². The maximum atomic E-state index is 10.6. The number of hydrogen-bond acceptors (Lipinski definition) is 3. The van der Waals surface area contributed by atoms with Crippen LogP contribution >= 0.6 is 15.9 Å². The predicted molar refractivity (Wildman–Crippen MR) is 77.9 cm³/mol. The van der Waals surface area contributed by atoms with Crippen LogP contribution in [-0.2, 0) is 4.74 Å². The average molecular weight is 322 g/mol. The van der Waals surface area contributed by atoms with E-state index in [1.54, 1.807) is 6.20 Å². The minimum Gasteiger partial charge on any atom is -0.388 e. The van der Waals surface area contributed by atoms with Crippen molar-refractivity contribution in [2.24, 2.45) is 5.92 Å². The van der Waals surface area contributed by atoms with Gasteiger partial charge in [0, 0.05) is 34.1 Å². The second-order valence-corrected chi connectivity index (χ2v) is 5.81. The molecule has 1 fully saturated rings. The number of fused-ring (bicyclic) bond motifs is 1. The van der Waals surface area contributed by atoms with Crippen molar-refractivity contribution < 1.29 is 9.84 Å². The molecule has 1 saturated heterocycles. The van der Waals surface area contributed by atoms with Crippen molar-refractivity contribution in [3.8, 4) is 0 Å². The Morgan fingerprint density at radius 3 is 3.05 bits per heavy atom. The number of aliphatic hydroxyl groups is 1. The maximum absolute atomic E-state index is 10.6. The highest BCUT2D eigenvalue weighted by molar-refractivity contribution is 9.10. The number of pyridine rings is 1. The molecule has 3 nitrogen and oxygen atoms in total. The predicted octanol–water partition coefficient (Wildman–Crippen LogP) is 3.46. The number of nitrogens with zero attached hydrogens (tertiary/aromatic N) is 1. The molecule has 3 rings (SSSR count). The number of aliphatic hydroxyl groups excluding tert-OH is 1. The van der Waals surface area contributed by atoms with Crippen molar-refractivity contribution >= 4 is 26.8 Å². The van der Waals surface area contributed by atoms with Gasteiger partial charge in [-0.2, -0.15) is 0 Å². The molecule has 19 heavy (non-hydrogen) atoms. The fourth-order valence-corrected chi connectivity index (χ4v) is 3.12. The summed E-state index contributed by atoms with van der Waals surface area (Å²) in [6.45, 7) is 1.44. The van der Waals surface area contributed by atoms with Crippen molar-refractivity contribution in [1.29, 1.82) is 0 Å². The lowest BCUT2D eigenvalue weighted by molar-refractivity contribution is -0.00948. The molecular formula is C15H16BrNO2. The van der Waals surface area contributed by atoms with E-state index in [2.05, 4.69) is 20.9 Å². The Labute approximate surface area is 120 Å². The second kappa shape index (κ2) is 5.57. The van der Waals surface area contributed by atoms with Crippen molar-refractivity contribution in [1.82, 2.24) is 4.98 Å². The molecular weight excluding hydrogens is 306 g/mol. The summed E-state index contributed by atoms with van der Waals surface area (Å²) in [5, 5.41) is 11.6. The molecule has 1 aliphatic heterocycles. The number of ether oxygens (including phenoxy) is 1. The number of benzene rings is 1. The van der Waals surface area contributed by atoms with Crippen LogP contribution in [0, 0.1) is 5.92 Å². The topological polar surface area (TPSA) is 42.4 Å². The van der Waals surface area contributed by atoms with E-state index in [9.17, 15) is 5.11 Å². The van der Waals surface area contributed by atoms with E-state index < -0.39 is 6.10 Å². The van der Waals surface area contributed by atoms with Gasteiger partial charge < -0.3 is 9.84 Å². The number of halogens is 1. The van der Waals surface area contributed by atoms with Crippen molar-refractivity contribution in [2.75, 3.05) is 13.2 Å². The Bertz CT molecular complexity index is 581. The van der Waals surface area contributed by atoms with Gasteiger partial charge in [-0.1, -0.05) is 28.1 Å². The molecule has 1 aromatic heterocycles. The lowest BCUT2D eigenvalue weighted by Gasteiger charge is -2.27. The zero-order valence-electron chi connectivity index (χ0n) is 10.6. The van der Waals surface area contributed by atoms with Gasteiger partial charge in [-0.25, -0.2) is 0 Å². The SMILES string of the molecule is OC(c1ccc(Br)c2cccnc12)C1CCCOC1. The minimum atomic E-state index is -0.509. The van der Waals surface area contributed by atoms with E-state index in [0.29, 0.717) is 6.61 Å². The van der Waals surface area contributed by atoms with Gasteiger partial charge in [-0.3, -0.25) is 4.98 Å². The van der Waals surface area contributed by atoms with E-state index in [1.807, 2.05) is 24.3 Å². The summed E-state index contributed by atoms with van der Waals surface area (Å²) < 4.78 is 6.48. The molecule has 2 atom stereocenters. The summed E-state index contributed by atoms with van der Waals surface area (Å²) >= 11 is 3.53. The van der Waals surface area contributed by atoms with Gasteiger partial charge in [0.2, 0.25) is 0 Å². The molecule has 0 spiro atoms. The van der Waals surface area contributed by atoms with Crippen molar-refractivity contribution in [3.63, 3.8) is 0 Å². The number of rotatable bonds is 2. The van der Waals surface area contributed by atoms with E-state index in [-0.39, 0.29) is 5.92 Å². The molecule has 4 heteroatoms. The average Bonchev–Trinajstić information content (AvgIpc) is 2.48. The lowest BCUT2D eigenvalue weighted by Crippen LogP contribution is -2.23.